The van der Waals surface area contributed by atoms with Crippen LogP contribution in [0.15, 0.2) is 0 Å². The predicted octanol–water partition coefficient (Wildman–Crippen LogP) is 1.26. The molecule has 2 rings (SSSR count). The lowest BCUT2D eigenvalue weighted by Crippen LogP contribution is -2.35. The van der Waals surface area contributed by atoms with Gasteiger partial charge in [0.05, 0.1) is 6.10 Å². The molecule has 3 atom stereocenters. The third-order valence-corrected chi connectivity index (χ3v) is 4.75. The van der Waals surface area contributed by atoms with Gasteiger partial charge in [-0.25, -0.2) is 4.57 Å². The van der Waals surface area contributed by atoms with E-state index in [9.17, 15) is 5.11 Å². The third kappa shape index (κ3) is 2.49. The first-order chi connectivity index (χ1) is 6.98. The Morgan fingerprint density at radius 2 is 1.62 bits per heavy atom. The predicted molar refractivity (Wildman–Crippen MR) is 59.5 cm³/mol. The maximum Gasteiger partial charge on any atom is 0.466 e. The van der Waals surface area contributed by atoms with Crippen molar-refractivity contribution in [2.75, 3.05) is 0 Å². The summed E-state index contributed by atoms with van der Waals surface area (Å²) in [6, 6.07) is 0. The maximum absolute atomic E-state index is 9.81. The molecule has 0 heterocycles. The van der Waals surface area contributed by atoms with Crippen molar-refractivity contribution in [3.8, 4) is 0 Å². The summed E-state index contributed by atoms with van der Waals surface area (Å²) in [5, 5.41) is 9.81. The van der Waals surface area contributed by atoms with Crippen LogP contribution in [0.3, 0.4) is 0 Å². The summed E-state index contributed by atoms with van der Waals surface area (Å²) in [4.78, 5) is 21.6. The highest BCUT2D eigenvalue weighted by Gasteiger charge is 2.60. The standard InChI is InChI=1S/C10H18O.H3O4P/c1-9(2)7-4-5-10(9,3)8(11)6-7;1-5(2,3)4/h7-8,11H,4-6H2,1-3H3;(H3,1,2,3,4). The number of aliphatic hydroxyl groups is 1. The number of hydrogen-bond acceptors (Lipinski definition) is 2. The van der Waals surface area contributed by atoms with Crippen molar-refractivity contribution in [2.45, 2.75) is 46.1 Å². The Hall–Kier alpha value is 0.0700. The van der Waals surface area contributed by atoms with E-state index in [0.29, 0.717) is 5.41 Å². The largest absolute Gasteiger partial charge is 0.466 e. The number of fused-ring (bicyclic) bond motifs is 2. The molecule has 16 heavy (non-hydrogen) atoms. The number of phosphoric acid groups is 1. The number of hydrogen-bond donors (Lipinski definition) is 4. The Morgan fingerprint density at radius 1 is 1.19 bits per heavy atom. The Balaban J connectivity index is 0.000000221. The van der Waals surface area contributed by atoms with Crippen molar-refractivity contribution >= 4 is 7.82 Å². The van der Waals surface area contributed by atoms with Crippen LogP contribution >= 0.6 is 7.82 Å². The van der Waals surface area contributed by atoms with E-state index in [1.165, 1.54) is 12.8 Å². The van der Waals surface area contributed by atoms with Crippen LogP contribution in [-0.2, 0) is 4.57 Å². The molecule has 2 bridgehead atoms. The molecule has 0 amide bonds. The molecule has 0 radical (unpaired) electrons. The molecule has 2 aliphatic carbocycles. The van der Waals surface area contributed by atoms with Crippen LogP contribution in [0.1, 0.15) is 40.0 Å². The lowest BCUT2D eigenvalue weighted by atomic mass is 9.70. The average molecular weight is 252 g/mol. The fourth-order valence-electron chi connectivity index (χ4n) is 3.16. The molecular weight excluding hydrogens is 231 g/mol. The highest BCUT2D eigenvalue weighted by atomic mass is 31.2. The lowest BCUT2D eigenvalue weighted by molar-refractivity contribution is 0.0126. The monoisotopic (exact) mass is 252 g/mol. The van der Waals surface area contributed by atoms with Crippen LogP contribution in [0.4, 0.5) is 0 Å². The van der Waals surface area contributed by atoms with Gasteiger partial charge in [0.15, 0.2) is 0 Å². The Labute approximate surface area is 95.7 Å². The molecule has 5 nitrogen and oxygen atoms in total. The van der Waals surface area contributed by atoms with Gasteiger partial charge in [-0.2, -0.15) is 0 Å². The van der Waals surface area contributed by atoms with Gasteiger partial charge in [-0.15, -0.1) is 0 Å². The molecule has 3 unspecified atom stereocenters. The minimum absolute atomic E-state index is 0.0313. The lowest BCUT2D eigenvalue weighted by Gasteiger charge is -2.36. The molecule has 0 saturated heterocycles. The smallest absolute Gasteiger partial charge is 0.393 e. The van der Waals surface area contributed by atoms with Crippen molar-refractivity contribution in [1.82, 2.24) is 0 Å². The first-order valence-electron chi connectivity index (χ1n) is 5.45. The third-order valence-electron chi connectivity index (χ3n) is 4.75. The van der Waals surface area contributed by atoms with E-state index >= 15 is 0 Å². The summed E-state index contributed by atoms with van der Waals surface area (Å²) in [6.45, 7) is 6.90. The van der Waals surface area contributed by atoms with Crippen LogP contribution < -0.4 is 0 Å². The molecule has 0 aromatic heterocycles. The highest BCUT2D eigenvalue weighted by molar-refractivity contribution is 7.45. The Morgan fingerprint density at radius 3 is 1.75 bits per heavy atom. The number of aliphatic hydroxyl groups excluding tert-OH is 1. The molecule has 0 spiro atoms. The van der Waals surface area contributed by atoms with Gasteiger partial charge in [-0.05, 0) is 36.0 Å². The van der Waals surface area contributed by atoms with Gasteiger partial charge in [0, 0.05) is 0 Å². The molecule has 0 aromatic rings. The fourth-order valence-corrected chi connectivity index (χ4v) is 3.16. The van der Waals surface area contributed by atoms with Gasteiger partial charge >= 0.3 is 7.82 Å². The molecule has 2 saturated carbocycles. The van der Waals surface area contributed by atoms with Gasteiger partial charge in [0.2, 0.25) is 0 Å². The summed E-state index contributed by atoms with van der Waals surface area (Å²) in [6.07, 6.45) is 3.58. The van der Waals surface area contributed by atoms with Crippen molar-refractivity contribution in [3.05, 3.63) is 0 Å². The van der Waals surface area contributed by atoms with Crippen LogP contribution in [0.5, 0.6) is 0 Å². The minimum atomic E-state index is -4.64. The van der Waals surface area contributed by atoms with Crippen molar-refractivity contribution in [1.29, 1.82) is 0 Å². The summed E-state index contributed by atoms with van der Waals surface area (Å²) in [5.41, 5.74) is 0.601. The van der Waals surface area contributed by atoms with Gasteiger partial charge in [-0.3, -0.25) is 0 Å². The van der Waals surface area contributed by atoms with E-state index in [2.05, 4.69) is 20.8 Å². The second kappa shape index (κ2) is 4.07. The molecule has 6 heteroatoms. The van der Waals surface area contributed by atoms with Crippen LogP contribution in [0.2, 0.25) is 0 Å². The van der Waals surface area contributed by atoms with E-state index in [-0.39, 0.29) is 11.5 Å². The molecular formula is C10H21O5P. The summed E-state index contributed by atoms with van der Waals surface area (Å²) >= 11 is 0. The quantitative estimate of drug-likeness (QED) is 0.487. The van der Waals surface area contributed by atoms with Crippen LogP contribution in [-0.4, -0.2) is 25.9 Å². The summed E-state index contributed by atoms with van der Waals surface area (Å²) in [7, 11) is -4.64. The van der Waals surface area contributed by atoms with Gasteiger partial charge in [-0.1, -0.05) is 20.8 Å². The first kappa shape index (κ1) is 14.1. The zero-order chi connectivity index (χ0) is 12.8. The van der Waals surface area contributed by atoms with Crippen LogP contribution in [0.25, 0.3) is 0 Å². The highest BCUT2D eigenvalue weighted by Crippen LogP contribution is 2.65. The van der Waals surface area contributed by atoms with Gasteiger partial charge in [0.25, 0.3) is 0 Å². The first-order valence-corrected chi connectivity index (χ1v) is 7.01. The Bertz CT molecular complexity index is 302. The van der Waals surface area contributed by atoms with Crippen molar-refractivity contribution in [3.63, 3.8) is 0 Å². The number of rotatable bonds is 0. The zero-order valence-corrected chi connectivity index (χ0v) is 10.8. The normalized spacial score (nSPS) is 40.4. The van der Waals surface area contributed by atoms with Gasteiger partial charge in [0.1, 0.15) is 0 Å². The average Bonchev–Trinajstić information content (AvgIpc) is 2.33. The second-order valence-electron chi connectivity index (χ2n) is 5.64. The SMILES string of the molecule is CC1(C)C2CCC1(C)C(O)C2.O=P(O)(O)O. The maximum atomic E-state index is 9.81. The topological polar surface area (TPSA) is 98.0 Å². The molecule has 2 aliphatic rings. The van der Waals surface area contributed by atoms with E-state index < -0.39 is 7.82 Å². The van der Waals surface area contributed by atoms with E-state index in [1.54, 1.807) is 0 Å². The molecule has 0 aliphatic heterocycles. The second-order valence-corrected chi connectivity index (χ2v) is 6.67. The zero-order valence-electron chi connectivity index (χ0n) is 9.92. The van der Waals surface area contributed by atoms with Crippen LogP contribution in [0, 0.1) is 16.7 Å². The Kier molecular flexibility index (Phi) is 3.60. The molecule has 2 fully saturated rings. The minimum Gasteiger partial charge on any atom is -0.393 e. The van der Waals surface area contributed by atoms with E-state index in [1.807, 2.05) is 0 Å². The van der Waals surface area contributed by atoms with Gasteiger partial charge < -0.3 is 19.8 Å². The fraction of sp³-hybridized carbons (Fsp3) is 1.00. The molecule has 0 aromatic carbocycles. The van der Waals surface area contributed by atoms with Crippen molar-refractivity contribution in [2.24, 2.45) is 16.7 Å². The summed E-state index contributed by atoms with van der Waals surface area (Å²) in [5.74, 6) is 0.780. The van der Waals surface area contributed by atoms with E-state index in [4.69, 9.17) is 19.2 Å². The molecule has 4 N–H and O–H groups in total. The summed E-state index contributed by atoms with van der Waals surface area (Å²) < 4.78 is 8.88. The van der Waals surface area contributed by atoms with E-state index in [0.717, 1.165) is 12.3 Å². The van der Waals surface area contributed by atoms with Crippen molar-refractivity contribution < 1.29 is 24.4 Å². The molecule has 96 valence electrons.